The number of benzene rings is 2. The van der Waals surface area contributed by atoms with Gasteiger partial charge in [-0.25, -0.2) is 8.42 Å². The summed E-state index contributed by atoms with van der Waals surface area (Å²) in [6, 6.07) is 11.7. The van der Waals surface area contributed by atoms with Gasteiger partial charge in [-0.15, -0.1) is 0 Å². The van der Waals surface area contributed by atoms with Crippen LogP contribution in [0.5, 0.6) is 0 Å². The van der Waals surface area contributed by atoms with Gasteiger partial charge >= 0.3 is 0 Å². The highest BCUT2D eigenvalue weighted by Crippen LogP contribution is 2.25. The highest BCUT2D eigenvalue weighted by molar-refractivity contribution is 7.90. The Labute approximate surface area is 180 Å². The maximum absolute atomic E-state index is 12.7. The maximum Gasteiger partial charge on any atom is 0.251 e. The van der Waals surface area contributed by atoms with Crippen molar-refractivity contribution in [3.05, 3.63) is 63.6 Å². The number of hydrogen-bond donors (Lipinski definition) is 1. The third kappa shape index (κ3) is 5.71. The predicted molar refractivity (Wildman–Crippen MR) is 113 cm³/mol. The molecule has 0 saturated carbocycles. The number of nitrogens with zero attached hydrogens (tertiary/aromatic N) is 1. The Kier molecular flexibility index (Phi) is 7.19. The Balaban J connectivity index is 1.78. The van der Waals surface area contributed by atoms with Crippen LogP contribution in [0.3, 0.4) is 0 Å². The summed E-state index contributed by atoms with van der Waals surface area (Å²) in [4.78, 5) is 14.9. The number of amides is 1. The van der Waals surface area contributed by atoms with Crippen LogP contribution in [0.1, 0.15) is 22.0 Å². The molecule has 1 N–H and O–H groups in total. The third-order valence-electron chi connectivity index (χ3n) is 4.79. The highest BCUT2D eigenvalue weighted by atomic mass is 35.5. The van der Waals surface area contributed by atoms with E-state index >= 15 is 0 Å². The molecule has 2 aromatic carbocycles. The van der Waals surface area contributed by atoms with E-state index in [9.17, 15) is 13.2 Å². The van der Waals surface area contributed by atoms with Gasteiger partial charge in [0.1, 0.15) is 0 Å². The monoisotopic (exact) mass is 456 g/mol. The van der Waals surface area contributed by atoms with Crippen LogP contribution in [0.25, 0.3) is 0 Å². The molecule has 1 aliphatic rings. The molecule has 1 unspecified atom stereocenters. The van der Waals surface area contributed by atoms with Gasteiger partial charge in [0.05, 0.1) is 29.2 Å². The van der Waals surface area contributed by atoms with Crippen molar-refractivity contribution in [2.45, 2.75) is 10.9 Å². The van der Waals surface area contributed by atoms with Crippen LogP contribution < -0.4 is 5.32 Å². The van der Waals surface area contributed by atoms with Crippen molar-refractivity contribution >= 4 is 38.9 Å². The minimum atomic E-state index is -3.53. The van der Waals surface area contributed by atoms with Crippen molar-refractivity contribution in [2.75, 3.05) is 39.1 Å². The number of carbonyl (C=O) groups is 1. The van der Waals surface area contributed by atoms with E-state index in [0.29, 0.717) is 24.8 Å². The number of halogens is 2. The quantitative estimate of drug-likeness (QED) is 0.721. The van der Waals surface area contributed by atoms with Gasteiger partial charge in [0.25, 0.3) is 5.91 Å². The van der Waals surface area contributed by atoms with Gasteiger partial charge in [-0.2, -0.15) is 0 Å². The second-order valence-corrected chi connectivity index (χ2v) is 9.67. The zero-order valence-corrected chi connectivity index (χ0v) is 18.2. The number of carbonyl (C=O) groups excluding carboxylic acids is 1. The van der Waals surface area contributed by atoms with E-state index in [2.05, 4.69) is 10.2 Å². The minimum absolute atomic E-state index is 0.0539. The van der Waals surface area contributed by atoms with Crippen molar-refractivity contribution in [3.63, 3.8) is 0 Å². The fraction of sp³-hybridized carbons (Fsp3) is 0.350. The molecule has 1 saturated heterocycles. The average Bonchev–Trinajstić information content (AvgIpc) is 2.69. The summed E-state index contributed by atoms with van der Waals surface area (Å²) in [6.07, 6.45) is 1.06. The van der Waals surface area contributed by atoms with E-state index in [1.54, 1.807) is 0 Å². The molecule has 6 nitrogen and oxygen atoms in total. The van der Waals surface area contributed by atoms with Gasteiger partial charge in [-0.3, -0.25) is 9.69 Å². The van der Waals surface area contributed by atoms with E-state index in [1.165, 1.54) is 18.2 Å². The van der Waals surface area contributed by atoms with E-state index < -0.39 is 9.84 Å². The lowest BCUT2D eigenvalue weighted by Crippen LogP contribution is -2.43. The molecule has 0 aliphatic carbocycles. The van der Waals surface area contributed by atoms with Crippen LogP contribution in [0.4, 0.5) is 0 Å². The van der Waals surface area contributed by atoms with E-state index in [-0.39, 0.29) is 27.4 Å². The molecule has 2 aromatic rings. The van der Waals surface area contributed by atoms with Gasteiger partial charge in [0, 0.05) is 36.5 Å². The van der Waals surface area contributed by atoms with Crippen LogP contribution >= 0.6 is 23.2 Å². The first-order valence-electron chi connectivity index (χ1n) is 9.11. The summed E-state index contributed by atoms with van der Waals surface area (Å²) in [6.45, 7) is 3.13. The largest absolute Gasteiger partial charge is 0.379 e. The Hall–Kier alpha value is -1.64. The summed E-state index contributed by atoms with van der Waals surface area (Å²) >= 11 is 12.0. The number of ether oxygens (including phenoxy) is 1. The lowest BCUT2D eigenvalue weighted by molar-refractivity contribution is 0.0162. The summed E-state index contributed by atoms with van der Waals surface area (Å²) in [5.41, 5.74) is 1.27. The van der Waals surface area contributed by atoms with Gasteiger partial charge in [-0.05, 0) is 35.9 Å². The van der Waals surface area contributed by atoms with Crippen LogP contribution in [-0.4, -0.2) is 58.3 Å². The molecule has 9 heteroatoms. The Morgan fingerprint density at radius 3 is 2.41 bits per heavy atom. The lowest BCUT2D eigenvalue weighted by Gasteiger charge is -2.35. The van der Waals surface area contributed by atoms with Gasteiger partial charge in [0.2, 0.25) is 0 Å². The molecule has 3 rings (SSSR count). The number of morpholine rings is 1. The van der Waals surface area contributed by atoms with Crippen molar-refractivity contribution in [1.82, 2.24) is 10.2 Å². The molecule has 156 valence electrons. The molecule has 1 fully saturated rings. The van der Waals surface area contributed by atoms with Crippen LogP contribution in [-0.2, 0) is 14.6 Å². The molecular weight excluding hydrogens is 435 g/mol. The van der Waals surface area contributed by atoms with Crippen LogP contribution in [0.15, 0.2) is 47.4 Å². The topological polar surface area (TPSA) is 75.7 Å². The van der Waals surface area contributed by atoms with Crippen molar-refractivity contribution in [2.24, 2.45) is 0 Å². The maximum atomic E-state index is 12.7. The van der Waals surface area contributed by atoms with Gasteiger partial charge < -0.3 is 10.1 Å². The predicted octanol–water partition coefficient (Wildman–Crippen LogP) is 3.20. The molecule has 1 aliphatic heterocycles. The first kappa shape index (κ1) is 22.1. The smallest absolute Gasteiger partial charge is 0.251 e. The standard InChI is InChI=1S/C20H22Cl2N2O4S/c1-29(26,27)19-12-15(4-7-17(19)22)20(25)23-13-18(24-8-10-28-11-9-24)14-2-5-16(21)6-3-14/h2-7,12,18H,8-11,13H2,1H3,(H,23,25). The first-order valence-corrected chi connectivity index (χ1v) is 11.8. The molecule has 1 amide bonds. The number of nitrogens with one attached hydrogen (secondary N) is 1. The summed E-state index contributed by atoms with van der Waals surface area (Å²) in [5, 5.41) is 3.66. The fourth-order valence-corrected chi connectivity index (χ4v) is 4.68. The Bertz CT molecular complexity index is 974. The number of rotatable bonds is 6. The van der Waals surface area contributed by atoms with E-state index in [4.69, 9.17) is 27.9 Å². The van der Waals surface area contributed by atoms with Crippen molar-refractivity contribution in [3.8, 4) is 0 Å². The zero-order valence-electron chi connectivity index (χ0n) is 15.9. The second-order valence-electron chi connectivity index (χ2n) is 6.84. The van der Waals surface area contributed by atoms with Crippen LogP contribution in [0.2, 0.25) is 10.0 Å². The molecule has 0 aromatic heterocycles. The summed E-state index contributed by atoms with van der Waals surface area (Å²) < 4.78 is 29.2. The number of sulfone groups is 1. The van der Waals surface area contributed by atoms with Crippen LogP contribution in [0, 0.1) is 0 Å². The van der Waals surface area contributed by atoms with Crippen molar-refractivity contribution < 1.29 is 17.9 Å². The second kappa shape index (κ2) is 9.45. The van der Waals surface area contributed by atoms with Gasteiger partial charge in [0.15, 0.2) is 9.84 Å². The molecule has 0 bridgehead atoms. The van der Waals surface area contributed by atoms with E-state index in [0.717, 1.165) is 24.9 Å². The molecule has 29 heavy (non-hydrogen) atoms. The van der Waals surface area contributed by atoms with Gasteiger partial charge in [-0.1, -0.05) is 35.3 Å². The minimum Gasteiger partial charge on any atom is -0.379 e. The average molecular weight is 457 g/mol. The summed E-state index contributed by atoms with van der Waals surface area (Å²) in [5.74, 6) is -0.362. The molecule has 0 radical (unpaired) electrons. The number of hydrogen-bond acceptors (Lipinski definition) is 5. The molecular formula is C20H22Cl2N2O4S. The molecule has 1 heterocycles. The molecule has 0 spiro atoms. The molecule has 1 atom stereocenters. The van der Waals surface area contributed by atoms with E-state index in [1.807, 2.05) is 24.3 Å². The summed E-state index contributed by atoms with van der Waals surface area (Å²) in [7, 11) is -3.53. The fourth-order valence-electron chi connectivity index (χ4n) is 3.25. The Morgan fingerprint density at radius 1 is 1.14 bits per heavy atom. The normalized spacial score (nSPS) is 16.4. The van der Waals surface area contributed by atoms with Crippen molar-refractivity contribution in [1.29, 1.82) is 0 Å². The Morgan fingerprint density at radius 2 is 1.79 bits per heavy atom. The highest BCUT2D eigenvalue weighted by Gasteiger charge is 2.24. The lowest BCUT2D eigenvalue weighted by atomic mass is 10.0. The zero-order chi connectivity index (χ0) is 21.0. The SMILES string of the molecule is CS(=O)(=O)c1cc(C(=O)NCC(c2ccc(Cl)cc2)N2CCOCC2)ccc1Cl. The first-order chi connectivity index (χ1) is 13.8. The third-order valence-corrected chi connectivity index (χ3v) is 6.62.